The molecule has 2 aliphatic rings. The van der Waals surface area contributed by atoms with Crippen LogP contribution in [0.5, 0.6) is 0 Å². The minimum Gasteiger partial charge on any atom is -0.352 e. The molecule has 3 atom stereocenters. The third-order valence-corrected chi connectivity index (χ3v) is 4.58. The highest BCUT2D eigenvalue weighted by Crippen LogP contribution is 2.24. The van der Waals surface area contributed by atoms with E-state index in [-0.39, 0.29) is 17.9 Å². The number of likely N-dealkylation sites (tertiary alicyclic amines) is 1. The second-order valence-electron chi connectivity index (χ2n) is 6.31. The molecule has 2 N–H and O–H groups in total. The molecule has 3 unspecified atom stereocenters. The molecule has 0 aromatic rings. The molecule has 5 heteroatoms. The zero-order valence-electron chi connectivity index (χ0n) is 12.7. The molecule has 2 fully saturated rings. The molecule has 2 rings (SSSR count). The lowest BCUT2D eigenvalue weighted by Crippen LogP contribution is -2.39. The monoisotopic (exact) mass is 281 g/mol. The number of carbonyl (C=O) groups is 2. The summed E-state index contributed by atoms with van der Waals surface area (Å²) in [5.74, 6) is 1.30. The van der Waals surface area contributed by atoms with Gasteiger partial charge >= 0.3 is 0 Å². The lowest BCUT2D eigenvalue weighted by Gasteiger charge is -2.29. The van der Waals surface area contributed by atoms with E-state index in [1.54, 1.807) is 0 Å². The van der Waals surface area contributed by atoms with Crippen LogP contribution in [0.1, 0.15) is 39.5 Å². The zero-order valence-corrected chi connectivity index (χ0v) is 12.7. The molecule has 0 aromatic heterocycles. The lowest BCUT2D eigenvalue weighted by molar-refractivity contribution is -0.131. The van der Waals surface area contributed by atoms with Gasteiger partial charge in [-0.3, -0.25) is 9.59 Å². The van der Waals surface area contributed by atoms with Crippen LogP contribution in [0.15, 0.2) is 0 Å². The van der Waals surface area contributed by atoms with E-state index in [0.717, 1.165) is 26.1 Å². The van der Waals surface area contributed by atoms with Gasteiger partial charge in [0.1, 0.15) is 0 Å². The van der Waals surface area contributed by atoms with E-state index in [0.29, 0.717) is 24.8 Å². The summed E-state index contributed by atoms with van der Waals surface area (Å²) in [5.41, 5.74) is 0. The number of nitrogens with zero attached hydrogens (tertiary/aromatic N) is 1. The predicted octanol–water partition coefficient (Wildman–Crippen LogP) is 0.749. The lowest BCUT2D eigenvalue weighted by atomic mass is 9.85. The summed E-state index contributed by atoms with van der Waals surface area (Å²) < 4.78 is 0. The number of rotatable bonds is 4. The maximum atomic E-state index is 12.3. The molecule has 20 heavy (non-hydrogen) atoms. The van der Waals surface area contributed by atoms with Gasteiger partial charge in [0.25, 0.3) is 0 Å². The van der Waals surface area contributed by atoms with E-state index in [1.165, 1.54) is 19.8 Å². The first-order chi connectivity index (χ1) is 9.56. The van der Waals surface area contributed by atoms with E-state index < -0.39 is 0 Å². The smallest absolute Gasteiger partial charge is 0.222 e. The van der Waals surface area contributed by atoms with Crippen molar-refractivity contribution >= 4 is 11.8 Å². The Morgan fingerprint density at radius 2 is 2.20 bits per heavy atom. The van der Waals surface area contributed by atoms with Crippen molar-refractivity contribution < 1.29 is 9.59 Å². The van der Waals surface area contributed by atoms with Crippen LogP contribution in [-0.4, -0.2) is 48.9 Å². The van der Waals surface area contributed by atoms with Crippen molar-refractivity contribution in [1.29, 1.82) is 0 Å². The van der Waals surface area contributed by atoms with Crippen molar-refractivity contribution in [2.75, 3.05) is 26.2 Å². The maximum absolute atomic E-state index is 12.3. The highest BCUT2D eigenvalue weighted by molar-refractivity contribution is 5.77. The Hall–Kier alpha value is -1.10. The molecule has 2 aliphatic heterocycles. The Morgan fingerprint density at radius 3 is 2.85 bits per heavy atom. The Kier molecular flexibility index (Phi) is 5.40. The molecule has 114 valence electrons. The van der Waals surface area contributed by atoms with Gasteiger partial charge < -0.3 is 15.5 Å². The van der Waals surface area contributed by atoms with Crippen molar-refractivity contribution in [1.82, 2.24) is 15.5 Å². The van der Waals surface area contributed by atoms with Gasteiger partial charge in [-0.2, -0.15) is 0 Å². The van der Waals surface area contributed by atoms with E-state index in [9.17, 15) is 9.59 Å². The number of piperidine rings is 1. The van der Waals surface area contributed by atoms with Crippen LogP contribution in [-0.2, 0) is 9.59 Å². The molecule has 2 saturated heterocycles. The summed E-state index contributed by atoms with van der Waals surface area (Å²) in [6.07, 6.45) is 3.97. The second kappa shape index (κ2) is 7.07. The standard InChI is InChI=1S/C15H27N3O2/c1-11(13-4-3-6-16-9-13)8-15(20)18-7-5-14(10-18)17-12(2)19/h11,13-14,16H,3-10H2,1-2H3,(H,17,19). The highest BCUT2D eigenvalue weighted by Gasteiger charge is 2.29. The van der Waals surface area contributed by atoms with Crippen molar-refractivity contribution in [3.05, 3.63) is 0 Å². The Labute approximate surface area is 121 Å². The molecule has 0 saturated carbocycles. The van der Waals surface area contributed by atoms with Gasteiger partial charge in [0, 0.05) is 32.5 Å². The van der Waals surface area contributed by atoms with Crippen LogP contribution in [0.3, 0.4) is 0 Å². The van der Waals surface area contributed by atoms with Crippen molar-refractivity contribution in [2.24, 2.45) is 11.8 Å². The number of hydrogen-bond donors (Lipinski definition) is 2. The number of amides is 2. The van der Waals surface area contributed by atoms with E-state index >= 15 is 0 Å². The normalized spacial score (nSPS) is 28.2. The average Bonchev–Trinajstić information content (AvgIpc) is 2.87. The fourth-order valence-electron chi connectivity index (χ4n) is 3.33. The molecule has 5 nitrogen and oxygen atoms in total. The molecule has 2 amide bonds. The van der Waals surface area contributed by atoms with Crippen LogP contribution in [0.25, 0.3) is 0 Å². The van der Waals surface area contributed by atoms with Gasteiger partial charge in [-0.15, -0.1) is 0 Å². The fraction of sp³-hybridized carbons (Fsp3) is 0.867. The molecule has 0 spiro atoms. The van der Waals surface area contributed by atoms with Gasteiger partial charge in [0.15, 0.2) is 0 Å². The van der Waals surface area contributed by atoms with E-state index in [4.69, 9.17) is 0 Å². The van der Waals surface area contributed by atoms with Crippen LogP contribution < -0.4 is 10.6 Å². The highest BCUT2D eigenvalue weighted by atomic mass is 16.2. The van der Waals surface area contributed by atoms with Crippen LogP contribution in [0.4, 0.5) is 0 Å². The van der Waals surface area contributed by atoms with Crippen LogP contribution >= 0.6 is 0 Å². The largest absolute Gasteiger partial charge is 0.352 e. The average molecular weight is 281 g/mol. The summed E-state index contributed by atoms with van der Waals surface area (Å²) in [6.45, 7) is 7.33. The third-order valence-electron chi connectivity index (χ3n) is 4.58. The minimum atomic E-state index is -0.00838. The van der Waals surface area contributed by atoms with Gasteiger partial charge in [0.05, 0.1) is 0 Å². The number of nitrogens with one attached hydrogen (secondary N) is 2. The number of carbonyl (C=O) groups excluding carboxylic acids is 2. The SMILES string of the molecule is CC(=O)NC1CCN(C(=O)CC(C)C2CCCNC2)C1. The molecular weight excluding hydrogens is 254 g/mol. The third kappa shape index (κ3) is 4.20. The summed E-state index contributed by atoms with van der Waals surface area (Å²) in [5, 5.41) is 6.32. The van der Waals surface area contributed by atoms with Gasteiger partial charge in [-0.1, -0.05) is 6.92 Å². The quantitative estimate of drug-likeness (QED) is 0.799. The Balaban J connectivity index is 1.75. The topological polar surface area (TPSA) is 61.4 Å². The molecule has 0 radical (unpaired) electrons. The molecule has 0 aromatic carbocycles. The summed E-state index contributed by atoms with van der Waals surface area (Å²) in [7, 11) is 0. The first-order valence-electron chi connectivity index (χ1n) is 7.82. The van der Waals surface area contributed by atoms with Crippen LogP contribution in [0.2, 0.25) is 0 Å². The first-order valence-corrected chi connectivity index (χ1v) is 7.82. The Bertz CT molecular complexity index is 353. The molecule has 0 aliphatic carbocycles. The summed E-state index contributed by atoms with van der Waals surface area (Å²) in [6, 6.07) is 0.142. The van der Waals surface area contributed by atoms with Gasteiger partial charge in [0.2, 0.25) is 11.8 Å². The van der Waals surface area contributed by atoms with E-state index in [2.05, 4.69) is 17.6 Å². The van der Waals surface area contributed by atoms with Gasteiger partial charge in [-0.25, -0.2) is 0 Å². The zero-order chi connectivity index (χ0) is 14.5. The second-order valence-corrected chi connectivity index (χ2v) is 6.31. The number of hydrogen-bond acceptors (Lipinski definition) is 3. The summed E-state index contributed by atoms with van der Waals surface area (Å²) >= 11 is 0. The predicted molar refractivity (Wildman–Crippen MR) is 78.2 cm³/mol. The van der Waals surface area contributed by atoms with Crippen molar-refractivity contribution in [3.8, 4) is 0 Å². The Morgan fingerprint density at radius 1 is 1.40 bits per heavy atom. The van der Waals surface area contributed by atoms with Crippen LogP contribution in [0, 0.1) is 11.8 Å². The fourth-order valence-corrected chi connectivity index (χ4v) is 3.33. The molecular formula is C15H27N3O2. The summed E-state index contributed by atoms with van der Waals surface area (Å²) in [4.78, 5) is 25.3. The first kappa shape index (κ1) is 15.3. The minimum absolute atomic E-state index is 0.00838. The molecule has 2 heterocycles. The molecule has 0 bridgehead atoms. The van der Waals surface area contributed by atoms with Crippen molar-refractivity contribution in [3.63, 3.8) is 0 Å². The van der Waals surface area contributed by atoms with E-state index in [1.807, 2.05) is 4.90 Å². The van der Waals surface area contributed by atoms with Gasteiger partial charge in [-0.05, 0) is 44.2 Å². The van der Waals surface area contributed by atoms with Crippen molar-refractivity contribution in [2.45, 2.75) is 45.6 Å². The maximum Gasteiger partial charge on any atom is 0.222 e.